The molecule has 1 aromatic rings. The quantitative estimate of drug-likeness (QED) is 0.608. The van der Waals surface area contributed by atoms with Crippen LogP contribution in [0.4, 0.5) is 20.3 Å². The van der Waals surface area contributed by atoms with Gasteiger partial charge in [0.05, 0.1) is 4.92 Å². The van der Waals surface area contributed by atoms with Gasteiger partial charge in [-0.2, -0.15) is 8.78 Å². The maximum absolute atomic E-state index is 11.8. The van der Waals surface area contributed by atoms with E-state index in [0.29, 0.717) is 0 Å². The Hall–Kier alpha value is -2.12. The van der Waals surface area contributed by atoms with Gasteiger partial charge in [-0.25, -0.2) is 4.98 Å². The Morgan fingerprint density at radius 1 is 1.60 bits per heavy atom. The van der Waals surface area contributed by atoms with Crippen molar-refractivity contribution >= 4 is 17.4 Å². The zero-order valence-corrected chi connectivity index (χ0v) is 7.18. The molecule has 1 heterocycles. The number of amides is 1. The molecule has 1 amide bonds. The van der Waals surface area contributed by atoms with E-state index in [1.54, 1.807) is 5.32 Å². The van der Waals surface area contributed by atoms with Crippen LogP contribution in [0.1, 0.15) is 0 Å². The molecular formula is C7H5F2N3O3. The van der Waals surface area contributed by atoms with Crippen molar-refractivity contribution < 1.29 is 18.5 Å². The number of alkyl halides is 2. The van der Waals surface area contributed by atoms with Crippen LogP contribution in [-0.4, -0.2) is 22.2 Å². The van der Waals surface area contributed by atoms with Crippen LogP contribution in [0, 0.1) is 10.1 Å². The largest absolute Gasteiger partial charge is 0.315 e. The maximum Gasteiger partial charge on any atom is 0.315 e. The van der Waals surface area contributed by atoms with Crippen LogP contribution in [0.15, 0.2) is 18.3 Å². The summed E-state index contributed by atoms with van der Waals surface area (Å²) in [6.45, 7) is 0. The molecule has 0 aliphatic carbocycles. The smallest absolute Gasteiger partial charge is 0.300 e. The van der Waals surface area contributed by atoms with Gasteiger partial charge in [0.25, 0.3) is 5.91 Å². The van der Waals surface area contributed by atoms with Crippen molar-refractivity contribution in [3.05, 3.63) is 28.4 Å². The summed E-state index contributed by atoms with van der Waals surface area (Å²) in [5.41, 5.74) is -0.536. The summed E-state index contributed by atoms with van der Waals surface area (Å²) in [5.74, 6) is -2.12. The van der Waals surface area contributed by atoms with E-state index in [4.69, 9.17) is 0 Å². The van der Waals surface area contributed by atoms with Crippen molar-refractivity contribution in [1.29, 1.82) is 0 Å². The van der Waals surface area contributed by atoms with E-state index >= 15 is 0 Å². The lowest BCUT2D eigenvalue weighted by molar-refractivity contribution is -0.384. The third-order valence-corrected chi connectivity index (χ3v) is 1.42. The van der Waals surface area contributed by atoms with Gasteiger partial charge >= 0.3 is 12.1 Å². The second kappa shape index (κ2) is 4.40. The first-order chi connectivity index (χ1) is 7.02. The Bertz CT molecular complexity index is 397. The maximum atomic E-state index is 11.8. The Kier molecular flexibility index (Phi) is 3.21. The van der Waals surface area contributed by atoms with Crippen LogP contribution < -0.4 is 5.32 Å². The molecule has 6 nitrogen and oxygen atoms in total. The third kappa shape index (κ3) is 2.66. The van der Waals surface area contributed by atoms with Gasteiger partial charge in [-0.3, -0.25) is 20.2 Å². The summed E-state index contributed by atoms with van der Waals surface area (Å²) >= 11 is 0. The van der Waals surface area contributed by atoms with E-state index in [1.165, 1.54) is 6.07 Å². The first kappa shape index (κ1) is 11.0. The monoisotopic (exact) mass is 217 g/mol. The predicted octanol–water partition coefficient (Wildman–Crippen LogP) is 1.19. The predicted molar refractivity (Wildman–Crippen MR) is 45.5 cm³/mol. The second-order valence-electron chi connectivity index (χ2n) is 2.42. The van der Waals surface area contributed by atoms with Gasteiger partial charge in [0.1, 0.15) is 0 Å². The number of hydrogen-bond donors (Lipinski definition) is 1. The molecule has 80 valence electrons. The molecule has 15 heavy (non-hydrogen) atoms. The number of rotatable bonds is 3. The Balaban J connectivity index is 2.94. The normalized spacial score (nSPS) is 10.1. The third-order valence-electron chi connectivity index (χ3n) is 1.42. The minimum atomic E-state index is -3.24. The van der Waals surface area contributed by atoms with Gasteiger partial charge in [-0.15, -0.1) is 0 Å². The number of halogens is 2. The number of carbonyl (C=O) groups is 1. The summed E-state index contributed by atoms with van der Waals surface area (Å²) in [6, 6.07) is 2.31. The molecule has 1 aromatic heterocycles. The Morgan fingerprint density at radius 2 is 2.27 bits per heavy atom. The average molecular weight is 217 g/mol. The molecule has 0 aromatic carbocycles. The highest BCUT2D eigenvalue weighted by molar-refractivity contribution is 5.93. The van der Waals surface area contributed by atoms with Gasteiger partial charge in [0.15, 0.2) is 0 Å². The molecule has 8 heteroatoms. The van der Waals surface area contributed by atoms with Crippen molar-refractivity contribution in [2.75, 3.05) is 5.32 Å². The lowest BCUT2D eigenvalue weighted by Gasteiger charge is -2.02. The fourth-order valence-electron chi connectivity index (χ4n) is 0.812. The molecule has 0 aliphatic rings. The topological polar surface area (TPSA) is 85.1 Å². The van der Waals surface area contributed by atoms with Crippen LogP contribution in [0.5, 0.6) is 0 Å². The van der Waals surface area contributed by atoms with Crippen molar-refractivity contribution in [2.24, 2.45) is 0 Å². The zero-order chi connectivity index (χ0) is 11.4. The summed E-state index contributed by atoms with van der Waals surface area (Å²) < 4.78 is 23.7. The van der Waals surface area contributed by atoms with E-state index in [1.807, 2.05) is 0 Å². The molecule has 1 rings (SSSR count). The minimum Gasteiger partial charge on any atom is -0.300 e. The van der Waals surface area contributed by atoms with E-state index in [9.17, 15) is 23.7 Å². The fourth-order valence-corrected chi connectivity index (χ4v) is 0.812. The lowest BCUT2D eigenvalue weighted by Crippen LogP contribution is -2.21. The number of pyridine rings is 1. The average Bonchev–Trinajstić information content (AvgIpc) is 2.18. The van der Waals surface area contributed by atoms with E-state index in [-0.39, 0.29) is 0 Å². The highest BCUT2D eigenvalue weighted by atomic mass is 19.3. The number of anilines is 1. The highest BCUT2D eigenvalue weighted by Crippen LogP contribution is 2.20. The fraction of sp³-hybridized carbons (Fsp3) is 0.143. The molecule has 0 saturated carbocycles. The van der Waals surface area contributed by atoms with E-state index < -0.39 is 28.8 Å². The van der Waals surface area contributed by atoms with Crippen molar-refractivity contribution in [3.63, 3.8) is 0 Å². The lowest BCUT2D eigenvalue weighted by atomic mass is 10.4. The van der Waals surface area contributed by atoms with Crippen molar-refractivity contribution in [1.82, 2.24) is 4.98 Å². The van der Waals surface area contributed by atoms with Crippen LogP contribution >= 0.6 is 0 Å². The summed E-state index contributed by atoms with van der Waals surface area (Å²) in [4.78, 5) is 23.6. The molecule has 0 spiro atoms. The number of hydrogen-bond acceptors (Lipinski definition) is 4. The molecule has 0 fully saturated rings. The van der Waals surface area contributed by atoms with E-state index in [0.717, 1.165) is 12.3 Å². The molecule has 0 radical (unpaired) electrons. The van der Waals surface area contributed by atoms with Gasteiger partial charge in [-0.1, -0.05) is 0 Å². The number of nitrogens with one attached hydrogen (secondary N) is 1. The number of carbonyl (C=O) groups excluding carboxylic acids is 1. The Labute approximate surface area is 82.1 Å². The standard InChI is InChI=1S/C7H5F2N3O3/c8-5(9)7(13)11-6-4(12(14)15)2-1-3-10-6/h1-3,5H,(H,10,11,13). The SMILES string of the molecule is O=C(Nc1ncccc1[N+](=O)[O-])C(F)F. The molecule has 1 N–H and O–H groups in total. The van der Waals surface area contributed by atoms with Crippen molar-refractivity contribution in [3.8, 4) is 0 Å². The van der Waals surface area contributed by atoms with Gasteiger partial charge in [0.2, 0.25) is 5.82 Å². The molecule has 0 bridgehead atoms. The first-order valence-corrected chi connectivity index (χ1v) is 3.71. The molecule has 0 aliphatic heterocycles. The van der Waals surface area contributed by atoms with E-state index in [2.05, 4.69) is 4.98 Å². The highest BCUT2D eigenvalue weighted by Gasteiger charge is 2.21. The van der Waals surface area contributed by atoms with Gasteiger partial charge in [-0.05, 0) is 6.07 Å². The molecule has 0 saturated heterocycles. The summed E-state index contributed by atoms with van der Waals surface area (Å²) in [6.07, 6.45) is -2.10. The molecule has 0 atom stereocenters. The van der Waals surface area contributed by atoms with Crippen LogP contribution in [0.25, 0.3) is 0 Å². The minimum absolute atomic E-state index is 0.493. The summed E-state index contributed by atoms with van der Waals surface area (Å²) in [5, 5.41) is 12.0. The van der Waals surface area contributed by atoms with Crippen LogP contribution in [-0.2, 0) is 4.79 Å². The second-order valence-corrected chi connectivity index (χ2v) is 2.42. The van der Waals surface area contributed by atoms with Gasteiger partial charge < -0.3 is 0 Å². The van der Waals surface area contributed by atoms with Gasteiger partial charge in [0, 0.05) is 12.3 Å². The van der Waals surface area contributed by atoms with Crippen LogP contribution in [0.2, 0.25) is 0 Å². The number of nitrogens with zero attached hydrogens (tertiary/aromatic N) is 2. The Morgan fingerprint density at radius 3 is 2.80 bits per heavy atom. The van der Waals surface area contributed by atoms with Crippen molar-refractivity contribution in [2.45, 2.75) is 6.43 Å². The first-order valence-electron chi connectivity index (χ1n) is 3.71. The molecule has 0 unspecified atom stereocenters. The summed E-state index contributed by atoms with van der Waals surface area (Å²) in [7, 11) is 0. The number of nitro groups is 1. The molecular weight excluding hydrogens is 212 g/mol. The van der Waals surface area contributed by atoms with Crippen LogP contribution in [0.3, 0.4) is 0 Å². The number of aromatic nitrogens is 1. The zero-order valence-electron chi connectivity index (χ0n) is 7.18.